The van der Waals surface area contributed by atoms with Crippen molar-refractivity contribution in [3.05, 3.63) is 89.8 Å². The van der Waals surface area contributed by atoms with E-state index in [2.05, 4.69) is 25.8 Å². The van der Waals surface area contributed by atoms with Gasteiger partial charge in [-0.1, -0.05) is 18.2 Å². The largest absolute Gasteiger partial charge is 0.344 e. The molecule has 1 atom stereocenters. The molecule has 7 nitrogen and oxygen atoms in total. The Hall–Kier alpha value is -3.94. The van der Waals surface area contributed by atoms with Gasteiger partial charge in [-0.25, -0.2) is 9.07 Å². The molecule has 1 unspecified atom stereocenters. The van der Waals surface area contributed by atoms with Gasteiger partial charge in [-0.05, 0) is 71.8 Å². The number of aryl methyl sites for hydroxylation is 1. The van der Waals surface area contributed by atoms with E-state index in [-0.39, 0.29) is 17.8 Å². The van der Waals surface area contributed by atoms with Crippen molar-refractivity contribution in [2.75, 3.05) is 0 Å². The van der Waals surface area contributed by atoms with Crippen molar-refractivity contribution >= 4 is 5.91 Å². The molecule has 0 fully saturated rings. The number of carbonyl (C=O) groups is 1. The molecule has 0 aliphatic carbocycles. The number of nitrogens with zero attached hydrogens (tertiary/aromatic N) is 5. The Bertz CT molecular complexity index is 1180. The van der Waals surface area contributed by atoms with E-state index in [4.69, 9.17) is 0 Å². The zero-order valence-electron chi connectivity index (χ0n) is 16.5. The Balaban J connectivity index is 1.73. The first-order chi connectivity index (χ1) is 14.5. The standard InChI is InChI=1S/C22H19FN6O/c1-14-6-7-19(20(23)9-14)16-10-17(12-18(11-16)29-13-25-27-28-29)22(30)26-15(2)21-5-3-4-8-24-21/h3-13,15H,1-2H3,(H,26,30). The fourth-order valence-corrected chi connectivity index (χ4v) is 3.15. The third kappa shape index (κ3) is 4.07. The summed E-state index contributed by atoms with van der Waals surface area (Å²) in [7, 11) is 0. The van der Waals surface area contributed by atoms with Crippen LogP contribution >= 0.6 is 0 Å². The summed E-state index contributed by atoms with van der Waals surface area (Å²) in [6.45, 7) is 3.67. The van der Waals surface area contributed by atoms with Crippen LogP contribution in [-0.4, -0.2) is 31.1 Å². The lowest BCUT2D eigenvalue weighted by Crippen LogP contribution is -2.27. The van der Waals surface area contributed by atoms with Gasteiger partial charge in [0.1, 0.15) is 12.1 Å². The van der Waals surface area contributed by atoms with Gasteiger partial charge in [0.05, 0.1) is 17.4 Å². The number of tetrazole rings is 1. The van der Waals surface area contributed by atoms with E-state index in [1.54, 1.807) is 30.5 Å². The molecule has 0 aliphatic heterocycles. The maximum Gasteiger partial charge on any atom is 0.251 e. The average molecular weight is 402 g/mol. The Morgan fingerprint density at radius 3 is 2.70 bits per heavy atom. The van der Waals surface area contributed by atoms with Crippen LogP contribution in [0.3, 0.4) is 0 Å². The molecule has 0 saturated carbocycles. The monoisotopic (exact) mass is 402 g/mol. The van der Waals surface area contributed by atoms with Crippen LogP contribution in [0.4, 0.5) is 4.39 Å². The molecule has 4 rings (SSSR count). The van der Waals surface area contributed by atoms with Crippen LogP contribution in [0.1, 0.15) is 34.6 Å². The minimum Gasteiger partial charge on any atom is -0.344 e. The molecule has 8 heteroatoms. The molecule has 0 aliphatic rings. The molecule has 1 N–H and O–H groups in total. The highest BCUT2D eigenvalue weighted by atomic mass is 19.1. The van der Waals surface area contributed by atoms with Crippen molar-refractivity contribution < 1.29 is 9.18 Å². The molecule has 0 spiro atoms. The Kier molecular flexibility index (Phi) is 5.30. The van der Waals surface area contributed by atoms with Crippen molar-refractivity contribution in [3.63, 3.8) is 0 Å². The summed E-state index contributed by atoms with van der Waals surface area (Å²) in [6, 6.07) is 15.3. The van der Waals surface area contributed by atoms with Gasteiger partial charge in [-0.2, -0.15) is 0 Å². The highest BCUT2D eigenvalue weighted by Crippen LogP contribution is 2.27. The molecule has 2 aromatic carbocycles. The summed E-state index contributed by atoms with van der Waals surface area (Å²) >= 11 is 0. The number of aromatic nitrogens is 5. The maximum absolute atomic E-state index is 14.6. The molecular formula is C22H19FN6O. The molecule has 2 aromatic heterocycles. The van der Waals surface area contributed by atoms with Crippen molar-refractivity contribution in [1.29, 1.82) is 0 Å². The summed E-state index contributed by atoms with van der Waals surface area (Å²) in [6.07, 6.45) is 3.09. The number of hydrogen-bond donors (Lipinski definition) is 1. The molecule has 0 saturated heterocycles. The van der Waals surface area contributed by atoms with Crippen LogP contribution in [0.25, 0.3) is 16.8 Å². The van der Waals surface area contributed by atoms with Crippen molar-refractivity contribution in [2.24, 2.45) is 0 Å². The second-order valence-corrected chi connectivity index (χ2v) is 6.96. The van der Waals surface area contributed by atoms with Gasteiger partial charge in [0.15, 0.2) is 0 Å². The summed E-state index contributed by atoms with van der Waals surface area (Å²) < 4.78 is 16.0. The SMILES string of the molecule is Cc1ccc(-c2cc(C(=O)NC(C)c3ccccn3)cc(-n3cnnn3)c2)c(F)c1. The molecule has 0 radical (unpaired) electrons. The highest BCUT2D eigenvalue weighted by molar-refractivity contribution is 5.96. The van der Waals surface area contributed by atoms with Gasteiger partial charge in [-0.3, -0.25) is 9.78 Å². The van der Waals surface area contributed by atoms with Gasteiger partial charge in [0.2, 0.25) is 0 Å². The summed E-state index contributed by atoms with van der Waals surface area (Å²) in [5.74, 6) is -0.672. The van der Waals surface area contributed by atoms with Crippen LogP contribution in [0, 0.1) is 12.7 Å². The second kappa shape index (κ2) is 8.20. The fraction of sp³-hybridized carbons (Fsp3) is 0.136. The number of pyridine rings is 1. The second-order valence-electron chi connectivity index (χ2n) is 6.96. The van der Waals surface area contributed by atoms with E-state index in [0.717, 1.165) is 11.3 Å². The Labute approximate surface area is 172 Å². The average Bonchev–Trinajstić information content (AvgIpc) is 3.29. The summed E-state index contributed by atoms with van der Waals surface area (Å²) in [5.41, 5.74) is 3.41. The topological polar surface area (TPSA) is 85.6 Å². The Morgan fingerprint density at radius 2 is 2.00 bits per heavy atom. The first kappa shape index (κ1) is 19.4. The molecule has 0 bridgehead atoms. The highest BCUT2D eigenvalue weighted by Gasteiger charge is 2.16. The van der Waals surface area contributed by atoms with E-state index in [1.165, 1.54) is 17.1 Å². The van der Waals surface area contributed by atoms with Gasteiger partial charge >= 0.3 is 0 Å². The lowest BCUT2D eigenvalue weighted by molar-refractivity contribution is 0.0939. The number of nitrogens with one attached hydrogen (secondary N) is 1. The van der Waals surface area contributed by atoms with Gasteiger partial charge in [0.25, 0.3) is 5.91 Å². The normalized spacial score (nSPS) is 11.8. The van der Waals surface area contributed by atoms with Gasteiger partial charge in [-0.15, -0.1) is 5.10 Å². The molecule has 4 aromatic rings. The lowest BCUT2D eigenvalue weighted by Gasteiger charge is -2.15. The molecule has 30 heavy (non-hydrogen) atoms. The lowest BCUT2D eigenvalue weighted by atomic mass is 9.99. The number of benzene rings is 2. The fourth-order valence-electron chi connectivity index (χ4n) is 3.15. The number of hydrogen-bond acceptors (Lipinski definition) is 5. The minimum atomic E-state index is -0.364. The quantitative estimate of drug-likeness (QED) is 0.551. The maximum atomic E-state index is 14.6. The number of amides is 1. The Morgan fingerprint density at radius 1 is 1.13 bits per heavy atom. The minimum absolute atomic E-state index is 0.296. The van der Waals surface area contributed by atoms with Crippen molar-refractivity contribution in [2.45, 2.75) is 19.9 Å². The van der Waals surface area contributed by atoms with E-state index >= 15 is 0 Å². The van der Waals surface area contributed by atoms with Crippen LogP contribution in [0.15, 0.2) is 67.1 Å². The number of rotatable bonds is 5. The smallest absolute Gasteiger partial charge is 0.251 e. The van der Waals surface area contributed by atoms with Crippen LogP contribution < -0.4 is 5.32 Å². The summed E-state index contributed by atoms with van der Waals surface area (Å²) in [4.78, 5) is 17.3. The van der Waals surface area contributed by atoms with Gasteiger partial charge < -0.3 is 5.32 Å². The predicted molar refractivity (Wildman–Crippen MR) is 109 cm³/mol. The number of carbonyl (C=O) groups excluding carboxylic acids is 1. The predicted octanol–water partition coefficient (Wildman–Crippen LogP) is 3.66. The van der Waals surface area contributed by atoms with Crippen molar-refractivity contribution in [1.82, 2.24) is 30.5 Å². The first-order valence-corrected chi connectivity index (χ1v) is 9.38. The molecule has 150 valence electrons. The van der Waals surface area contributed by atoms with E-state index in [1.807, 2.05) is 38.1 Å². The zero-order chi connectivity index (χ0) is 21.1. The van der Waals surface area contributed by atoms with Crippen LogP contribution in [0.2, 0.25) is 0 Å². The molecule has 1 amide bonds. The van der Waals surface area contributed by atoms with Crippen molar-refractivity contribution in [3.8, 4) is 16.8 Å². The zero-order valence-corrected chi connectivity index (χ0v) is 16.5. The van der Waals surface area contributed by atoms with E-state index in [0.29, 0.717) is 22.4 Å². The molecule has 2 heterocycles. The molecular weight excluding hydrogens is 383 g/mol. The van der Waals surface area contributed by atoms with Crippen LogP contribution in [-0.2, 0) is 0 Å². The van der Waals surface area contributed by atoms with E-state index < -0.39 is 0 Å². The number of halogens is 1. The third-order valence-electron chi connectivity index (χ3n) is 4.71. The van der Waals surface area contributed by atoms with Gasteiger partial charge in [0, 0.05) is 17.3 Å². The van der Waals surface area contributed by atoms with E-state index in [9.17, 15) is 9.18 Å². The van der Waals surface area contributed by atoms with Crippen LogP contribution in [0.5, 0.6) is 0 Å². The summed E-state index contributed by atoms with van der Waals surface area (Å²) in [5, 5.41) is 14.1. The third-order valence-corrected chi connectivity index (χ3v) is 4.71. The first-order valence-electron chi connectivity index (χ1n) is 9.38.